The maximum atomic E-state index is 11.4. The molecule has 18 heavy (non-hydrogen) atoms. The number of esters is 1. The lowest BCUT2D eigenvalue weighted by Gasteiger charge is -2.03. The van der Waals surface area contributed by atoms with Crippen molar-refractivity contribution in [2.45, 2.75) is 18.9 Å². The number of ether oxygens (including phenoxy) is 1. The van der Waals surface area contributed by atoms with Crippen LogP contribution in [0, 0.1) is 0 Å². The van der Waals surface area contributed by atoms with E-state index >= 15 is 0 Å². The minimum absolute atomic E-state index is 0.0289. The second-order valence-corrected chi connectivity index (χ2v) is 4.34. The summed E-state index contributed by atoms with van der Waals surface area (Å²) in [5.74, 6) is -0.0939. The minimum Gasteiger partial charge on any atom is -0.462 e. The van der Waals surface area contributed by atoms with Crippen LogP contribution in [-0.2, 0) is 9.53 Å². The number of hydrogen-bond acceptors (Lipinski definition) is 5. The minimum atomic E-state index is -0.384. The van der Waals surface area contributed by atoms with E-state index in [1.165, 1.54) is 18.0 Å². The summed E-state index contributed by atoms with van der Waals surface area (Å²) in [6.07, 6.45) is 1.46. The zero-order chi connectivity index (χ0) is 13.4. The fourth-order valence-electron chi connectivity index (χ4n) is 1.19. The van der Waals surface area contributed by atoms with Gasteiger partial charge in [0.15, 0.2) is 0 Å². The number of nitrogens with one attached hydrogen (secondary N) is 1. The molecule has 1 amide bonds. The van der Waals surface area contributed by atoms with E-state index in [-0.39, 0.29) is 11.9 Å². The molecule has 5 nitrogen and oxygen atoms in total. The van der Waals surface area contributed by atoms with Crippen molar-refractivity contribution in [2.75, 3.05) is 18.9 Å². The highest BCUT2D eigenvalue weighted by molar-refractivity contribution is 7.99. The zero-order valence-corrected chi connectivity index (χ0v) is 11.3. The second kappa shape index (κ2) is 7.71. The molecule has 0 aliphatic rings. The smallest absolute Gasteiger partial charge is 0.339 e. The first kappa shape index (κ1) is 14.5. The topological polar surface area (TPSA) is 68.3 Å². The molecule has 6 heteroatoms. The largest absolute Gasteiger partial charge is 0.462 e. The summed E-state index contributed by atoms with van der Waals surface area (Å²) in [6, 6.07) is 3.35. The number of hydrogen-bond donors (Lipinski definition) is 1. The Morgan fingerprint density at radius 2 is 2.17 bits per heavy atom. The van der Waals surface area contributed by atoms with Gasteiger partial charge >= 0.3 is 5.97 Å². The van der Waals surface area contributed by atoms with Crippen molar-refractivity contribution in [3.8, 4) is 0 Å². The van der Waals surface area contributed by atoms with E-state index in [0.29, 0.717) is 29.5 Å². The van der Waals surface area contributed by atoms with Gasteiger partial charge in [0.25, 0.3) is 0 Å². The molecule has 0 spiro atoms. The van der Waals surface area contributed by atoms with E-state index < -0.39 is 0 Å². The number of thioether (sulfide) groups is 1. The molecule has 1 heterocycles. The molecule has 0 aliphatic heterocycles. The summed E-state index contributed by atoms with van der Waals surface area (Å²) < 4.78 is 4.85. The summed E-state index contributed by atoms with van der Waals surface area (Å²) in [5.41, 5.74) is 0.416. The average Bonchev–Trinajstić information content (AvgIpc) is 2.37. The lowest BCUT2D eigenvalue weighted by molar-refractivity contribution is -0.118. The molecule has 0 aromatic carbocycles. The number of pyridine rings is 1. The molecule has 98 valence electrons. The average molecular weight is 268 g/mol. The molecule has 0 radical (unpaired) electrons. The molecule has 0 saturated heterocycles. The Morgan fingerprint density at radius 3 is 2.72 bits per heavy atom. The van der Waals surface area contributed by atoms with Crippen LogP contribution in [-0.4, -0.2) is 35.8 Å². The molecule has 1 aromatic rings. The first-order valence-electron chi connectivity index (χ1n) is 5.70. The Balaban J connectivity index is 2.50. The molecule has 1 rings (SSSR count). The predicted octanol–water partition coefficient (Wildman–Crippen LogP) is 1.49. The Labute approximate surface area is 110 Å². The lowest BCUT2D eigenvalue weighted by atomic mass is 10.3. The molecular formula is C12H16N2O3S. The van der Waals surface area contributed by atoms with Gasteiger partial charge < -0.3 is 10.1 Å². The highest BCUT2D eigenvalue weighted by atomic mass is 32.2. The van der Waals surface area contributed by atoms with E-state index in [4.69, 9.17) is 4.74 Å². The molecule has 1 aromatic heterocycles. The molecule has 0 aliphatic carbocycles. The molecule has 0 fully saturated rings. The van der Waals surface area contributed by atoms with E-state index in [0.717, 1.165) is 0 Å². The first-order chi connectivity index (χ1) is 8.67. The van der Waals surface area contributed by atoms with Gasteiger partial charge in [0.05, 0.1) is 22.9 Å². The van der Waals surface area contributed by atoms with Gasteiger partial charge in [-0.25, -0.2) is 9.78 Å². The van der Waals surface area contributed by atoms with Crippen LogP contribution in [0.3, 0.4) is 0 Å². The molecule has 0 atom stereocenters. The second-order valence-electron chi connectivity index (χ2n) is 3.35. The Bertz CT molecular complexity index is 406. The summed E-state index contributed by atoms with van der Waals surface area (Å²) in [6.45, 7) is 4.58. The first-order valence-corrected chi connectivity index (χ1v) is 6.68. The van der Waals surface area contributed by atoms with Gasteiger partial charge in [-0.2, -0.15) is 0 Å². The number of rotatable bonds is 6. The number of aromatic nitrogens is 1. The van der Waals surface area contributed by atoms with E-state index in [1.807, 2.05) is 6.92 Å². The van der Waals surface area contributed by atoms with Crippen LogP contribution in [0.25, 0.3) is 0 Å². The van der Waals surface area contributed by atoms with Crippen molar-refractivity contribution < 1.29 is 14.3 Å². The van der Waals surface area contributed by atoms with Crippen molar-refractivity contribution in [3.05, 3.63) is 23.9 Å². The third-order valence-electron chi connectivity index (χ3n) is 1.97. The van der Waals surface area contributed by atoms with E-state index in [1.54, 1.807) is 19.1 Å². The van der Waals surface area contributed by atoms with Gasteiger partial charge in [0.2, 0.25) is 5.91 Å². The Hall–Kier alpha value is -1.56. The number of amides is 1. The van der Waals surface area contributed by atoms with Crippen LogP contribution >= 0.6 is 11.8 Å². The molecule has 1 N–H and O–H groups in total. The Kier molecular flexibility index (Phi) is 6.21. The summed E-state index contributed by atoms with van der Waals surface area (Å²) in [4.78, 5) is 26.7. The lowest BCUT2D eigenvalue weighted by Crippen LogP contribution is -2.24. The van der Waals surface area contributed by atoms with Crippen molar-refractivity contribution in [1.82, 2.24) is 10.3 Å². The summed E-state index contributed by atoms with van der Waals surface area (Å²) >= 11 is 1.33. The maximum Gasteiger partial charge on any atom is 0.339 e. The summed E-state index contributed by atoms with van der Waals surface area (Å²) in [5, 5.41) is 3.40. The Morgan fingerprint density at radius 1 is 1.39 bits per heavy atom. The van der Waals surface area contributed by atoms with Gasteiger partial charge in [0.1, 0.15) is 0 Å². The van der Waals surface area contributed by atoms with Crippen LogP contribution in [0.2, 0.25) is 0 Å². The van der Waals surface area contributed by atoms with Gasteiger partial charge in [-0.3, -0.25) is 4.79 Å². The van der Waals surface area contributed by atoms with Crippen LogP contribution in [0.15, 0.2) is 23.4 Å². The zero-order valence-electron chi connectivity index (χ0n) is 10.4. The highest BCUT2D eigenvalue weighted by Crippen LogP contribution is 2.15. The van der Waals surface area contributed by atoms with E-state index in [9.17, 15) is 9.59 Å². The van der Waals surface area contributed by atoms with Crippen LogP contribution in [0.1, 0.15) is 24.2 Å². The van der Waals surface area contributed by atoms with Gasteiger partial charge in [-0.15, -0.1) is 0 Å². The van der Waals surface area contributed by atoms with Gasteiger partial charge in [-0.05, 0) is 26.0 Å². The van der Waals surface area contributed by atoms with Gasteiger partial charge in [0, 0.05) is 12.7 Å². The number of carbonyl (C=O) groups excluding carboxylic acids is 2. The fourth-order valence-corrected chi connectivity index (χ4v) is 1.86. The van der Waals surface area contributed by atoms with E-state index in [2.05, 4.69) is 10.3 Å². The normalized spacial score (nSPS) is 9.89. The fraction of sp³-hybridized carbons (Fsp3) is 0.417. The standard InChI is InChI=1S/C12H16N2O3S/c1-3-13-10(15)8-18-11-6-5-9(7-14-11)12(16)17-4-2/h5-7H,3-4,8H2,1-2H3,(H,13,15). The summed E-state index contributed by atoms with van der Waals surface area (Å²) in [7, 11) is 0. The van der Waals surface area contributed by atoms with Crippen molar-refractivity contribution in [3.63, 3.8) is 0 Å². The molecule has 0 unspecified atom stereocenters. The van der Waals surface area contributed by atoms with Crippen molar-refractivity contribution >= 4 is 23.6 Å². The monoisotopic (exact) mass is 268 g/mol. The van der Waals surface area contributed by atoms with Crippen LogP contribution in [0.5, 0.6) is 0 Å². The highest BCUT2D eigenvalue weighted by Gasteiger charge is 2.07. The quantitative estimate of drug-likeness (QED) is 0.625. The third kappa shape index (κ3) is 4.75. The molecule has 0 bridgehead atoms. The maximum absolute atomic E-state index is 11.4. The van der Waals surface area contributed by atoms with Crippen molar-refractivity contribution in [1.29, 1.82) is 0 Å². The third-order valence-corrected chi connectivity index (χ3v) is 2.92. The molecule has 0 saturated carbocycles. The number of nitrogens with zero attached hydrogens (tertiary/aromatic N) is 1. The van der Waals surface area contributed by atoms with Crippen LogP contribution < -0.4 is 5.32 Å². The SMILES string of the molecule is CCNC(=O)CSc1ccc(C(=O)OCC)cn1. The van der Waals surface area contributed by atoms with Gasteiger partial charge in [-0.1, -0.05) is 11.8 Å². The molecular weight excluding hydrogens is 252 g/mol. The predicted molar refractivity (Wildman–Crippen MR) is 69.6 cm³/mol. The number of carbonyl (C=O) groups is 2. The van der Waals surface area contributed by atoms with Crippen molar-refractivity contribution in [2.24, 2.45) is 0 Å². The van der Waals surface area contributed by atoms with Crippen LogP contribution in [0.4, 0.5) is 0 Å².